The van der Waals surface area contributed by atoms with E-state index in [9.17, 15) is 14.4 Å². The Hall–Kier alpha value is -2.41. The van der Waals surface area contributed by atoms with E-state index in [0.29, 0.717) is 19.5 Å². The molecular formula is C27H38N4O3. The topological polar surface area (TPSA) is 81.8 Å². The minimum atomic E-state index is -0.0718. The monoisotopic (exact) mass is 466 g/mol. The van der Waals surface area contributed by atoms with E-state index in [1.54, 1.807) is 0 Å². The van der Waals surface area contributed by atoms with Crippen molar-refractivity contribution in [3.05, 3.63) is 29.8 Å². The summed E-state index contributed by atoms with van der Waals surface area (Å²) in [4.78, 5) is 40.8. The maximum Gasteiger partial charge on any atom is 0.242 e. The molecule has 0 radical (unpaired) electrons. The second kappa shape index (κ2) is 9.68. The zero-order chi connectivity index (χ0) is 23.7. The van der Waals surface area contributed by atoms with Gasteiger partial charge < -0.3 is 15.5 Å². The van der Waals surface area contributed by atoms with Crippen LogP contribution in [0.1, 0.15) is 57.4 Å². The largest absolute Gasteiger partial charge is 0.347 e. The average molecular weight is 467 g/mol. The van der Waals surface area contributed by atoms with Crippen LogP contribution in [0.15, 0.2) is 24.3 Å². The predicted octanol–water partition coefficient (Wildman–Crippen LogP) is 3.01. The van der Waals surface area contributed by atoms with Gasteiger partial charge in [-0.25, -0.2) is 0 Å². The highest BCUT2D eigenvalue weighted by atomic mass is 16.2. The first-order valence-corrected chi connectivity index (χ1v) is 13.0. The summed E-state index contributed by atoms with van der Waals surface area (Å²) in [7, 11) is 0. The predicted molar refractivity (Wildman–Crippen MR) is 131 cm³/mol. The highest BCUT2D eigenvalue weighted by Crippen LogP contribution is 2.61. The molecule has 1 aromatic carbocycles. The van der Waals surface area contributed by atoms with Crippen molar-refractivity contribution in [2.75, 3.05) is 38.0 Å². The van der Waals surface area contributed by atoms with Gasteiger partial charge in [0.05, 0.1) is 6.54 Å². The summed E-state index contributed by atoms with van der Waals surface area (Å²) in [6, 6.07) is 7.90. The van der Waals surface area contributed by atoms with E-state index in [-0.39, 0.29) is 29.7 Å². The number of carbonyl (C=O) groups excluding carboxylic acids is 3. The maximum absolute atomic E-state index is 12.7. The van der Waals surface area contributed by atoms with Gasteiger partial charge in [-0.05, 0) is 79.4 Å². The molecule has 4 bridgehead atoms. The summed E-state index contributed by atoms with van der Waals surface area (Å²) in [6.45, 7) is 5.46. The third kappa shape index (κ3) is 5.45. The van der Waals surface area contributed by atoms with Crippen LogP contribution in [-0.4, -0.2) is 60.2 Å². The number of anilines is 1. The average Bonchev–Trinajstić information content (AvgIpc) is 2.78. The van der Waals surface area contributed by atoms with Crippen LogP contribution in [0.2, 0.25) is 0 Å². The fourth-order valence-electron chi connectivity index (χ4n) is 7.51. The Labute approximate surface area is 202 Å². The summed E-state index contributed by atoms with van der Waals surface area (Å²) >= 11 is 0. The molecule has 7 nitrogen and oxygen atoms in total. The van der Waals surface area contributed by atoms with Crippen molar-refractivity contribution < 1.29 is 14.4 Å². The molecule has 5 fully saturated rings. The van der Waals surface area contributed by atoms with Crippen LogP contribution in [0.4, 0.5) is 5.69 Å². The van der Waals surface area contributed by atoms with E-state index in [4.69, 9.17) is 0 Å². The number of hydrogen-bond acceptors (Lipinski definition) is 4. The summed E-state index contributed by atoms with van der Waals surface area (Å²) in [5.41, 5.74) is 2.20. The fraction of sp³-hybridized carbons (Fsp3) is 0.667. The van der Waals surface area contributed by atoms with Crippen LogP contribution < -0.4 is 10.6 Å². The van der Waals surface area contributed by atoms with E-state index in [1.807, 2.05) is 29.2 Å². The van der Waals surface area contributed by atoms with Gasteiger partial charge in [-0.1, -0.05) is 12.1 Å². The van der Waals surface area contributed by atoms with Gasteiger partial charge in [0.25, 0.3) is 0 Å². The molecule has 7 heteroatoms. The molecule has 1 aromatic rings. The Balaban J connectivity index is 1.03. The molecule has 0 atom stereocenters. The van der Waals surface area contributed by atoms with Crippen LogP contribution in [0.25, 0.3) is 0 Å². The lowest BCUT2D eigenvalue weighted by Gasteiger charge is -2.56. The molecule has 3 amide bonds. The Morgan fingerprint density at radius 1 is 0.912 bits per heavy atom. The number of rotatable bonds is 7. The van der Waals surface area contributed by atoms with Crippen molar-refractivity contribution in [3.63, 3.8) is 0 Å². The summed E-state index contributed by atoms with van der Waals surface area (Å²) < 4.78 is 0. The normalized spacial score (nSPS) is 30.3. The molecule has 5 aliphatic rings. The van der Waals surface area contributed by atoms with E-state index >= 15 is 0 Å². The van der Waals surface area contributed by atoms with Crippen molar-refractivity contribution in [3.8, 4) is 0 Å². The standard InChI is InChI=1S/C27H38N4O3/c1-19(32)29-24-4-2-20(3-5-24)18-30-6-8-31(9-7-30)26(34)17-28-25(33)16-27-13-21-10-22(14-27)12-23(11-21)15-27/h2-5,21-23H,6-18H2,1H3,(H,28,33)(H,29,32). The molecular weight excluding hydrogens is 428 g/mol. The first kappa shape index (κ1) is 23.3. The molecule has 1 heterocycles. The molecule has 2 N–H and O–H groups in total. The number of benzene rings is 1. The van der Waals surface area contributed by atoms with Gasteiger partial charge in [0.2, 0.25) is 17.7 Å². The van der Waals surface area contributed by atoms with E-state index < -0.39 is 0 Å². The molecule has 34 heavy (non-hydrogen) atoms. The van der Waals surface area contributed by atoms with Crippen molar-refractivity contribution in [2.45, 2.75) is 58.4 Å². The first-order chi connectivity index (χ1) is 16.4. The van der Waals surface area contributed by atoms with Crippen LogP contribution in [0, 0.1) is 23.2 Å². The lowest BCUT2D eigenvalue weighted by atomic mass is 9.49. The zero-order valence-electron chi connectivity index (χ0n) is 20.4. The number of carbonyl (C=O) groups is 3. The maximum atomic E-state index is 12.7. The van der Waals surface area contributed by atoms with E-state index in [2.05, 4.69) is 15.5 Å². The summed E-state index contributed by atoms with van der Waals surface area (Å²) in [5.74, 6) is 2.54. The molecule has 6 rings (SSSR count). The van der Waals surface area contributed by atoms with Gasteiger partial charge in [0.1, 0.15) is 0 Å². The molecule has 0 unspecified atom stereocenters. The number of amides is 3. The van der Waals surface area contributed by atoms with Gasteiger partial charge in [0, 0.05) is 51.8 Å². The Morgan fingerprint density at radius 2 is 1.50 bits per heavy atom. The van der Waals surface area contributed by atoms with E-state index in [0.717, 1.165) is 43.1 Å². The smallest absolute Gasteiger partial charge is 0.242 e. The zero-order valence-corrected chi connectivity index (χ0v) is 20.4. The second-order valence-corrected chi connectivity index (χ2v) is 11.4. The first-order valence-electron chi connectivity index (χ1n) is 13.0. The highest BCUT2D eigenvalue weighted by Gasteiger charge is 2.51. The van der Waals surface area contributed by atoms with Gasteiger partial charge in [-0.15, -0.1) is 0 Å². The highest BCUT2D eigenvalue weighted by molar-refractivity contribution is 5.88. The van der Waals surface area contributed by atoms with Gasteiger partial charge in [-0.2, -0.15) is 0 Å². The number of nitrogens with zero attached hydrogens (tertiary/aromatic N) is 2. The number of hydrogen-bond donors (Lipinski definition) is 2. The minimum Gasteiger partial charge on any atom is -0.347 e. The number of nitrogens with one attached hydrogen (secondary N) is 2. The van der Waals surface area contributed by atoms with Crippen molar-refractivity contribution in [2.24, 2.45) is 23.2 Å². The van der Waals surface area contributed by atoms with Crippen LogP contribution in [0.3, 0.4) is 0 Å². The van der Waals surface area contributed by atoms with Crippen LogP contribution >= 0.6 is 0 Å². The molecule has 4 saturated carbocycles. The SMILES string of the molecule is CC(=O)Nc1ccc(CN2CCN(C(=O)CNC(=O)CC34CC5CC(CC(C5)C3)C4)CC2)cc1. The molecule has 1 saturated heterocycles. The molecule has 0 aromatic heterocycles. The summed E-state index contributed by atoms with van der Waals surface area (Å²) in [5, 5.41) is 5.73. The van der Waals surface area contributed by atoms with E-state index in [1.165, 1.54) is 51.0 Å². The summed E-state index contributed by atoms with van der Waals surface area (Å²) in [6.07, 6.45) is 8.42. The molecule has 0 spiro atoms. The fourth-order valence-corrected chi connectivity index (χ4v) is 7.51. The number of piperazine rings is 1. The molecule has 184 valence electrons. The Morgan fingerprint density at radius 3 is 2.06 bits per heavy atom. The van der Waals surface area contributed by atoms with Crippen molar-refractivity contribution in [1.29, 1.82) is 0 Å². The van der Waals surface area contributed by atoms with Crippen molar-refractivity contribution in [1.82, 2.24) is 15.1 Å². The lowest BCUT2D eigenvalue weighted by Crippen LogP contribution is -2.51. The van der Waals surface area contributed by atoms with Gasteiger partial charge >= 0.3 is 0 Å². The quantitative estimate of drug-likeness (QED) is 0.647. The lowest BCUT2D eigenvalue weighted by molar-refractivity contribution is -0.136. The minimum absolute atomic E-state index is 0.0261. The molecule has 4 aliphatic carbocycles. The van der Waals surface area contributed by atoms with Gasteiger partial charge in [-0.3, -0.25) is 19.3 Å². The van der Waals surface area contributed by atoms with Crippen LogP contribution in [-0.2, 0) is 20.9 Å². The third-order valence-electron chi connectivity index (χ3n) is 8.54. The van der Waals surface area contributed by atoms with Crippen LogP contribution in [0.5, 0.6) is 0 Å². The van der Waals surface area contributed by atoms with Crippen molar-refractivity contribution >= 4 is 23.4 Å². The Bertz CT molecular complexity index is 885. The second-order valence-electron chi connectivity index (χ2n) is 11.4. The van der Waals surface area contributed by atoms with Gasteiger partial charge in [0.15, 0.2) is 0 Å². The third-order valence-corrected chi connectivity index (χ3v) is 8.54. The molecule has 1 aliphatic heterocycles. The Kier molecular flexibility index (Phi) is 6.65.